The molecule has 5 heteroatoms. The third-order valence-corrected chi connectivity index (χ3v) is 4.23. The van der Waals surface area contributed by atoms with E-state index < -0.39 is 0 Å². The van der Waals surface area contributed by atoms with Crippen molar-refractivity contribution >= 4 is 16.8 Å². The van der Waals surface area contributed by atoms with Crippen molar-refractivity contribution in [2.75, 3.05) is 7.05 Å². The van der Waals surface area contributed by atoms with Crippen LogP contribution in [0.25, 0.3) is 10.9 Å². The number of carbonyl (C=O) groups excluding carboxylic acids is 1. The summed E-state index contributed by atoms with van der Waals surface area (Å²) in [7, 11) is 1.79. The molecule has 0 bridgehead atoms. The highest BCUT2D eigenvalue weighted by Crippen LogP contribution is 2.12. The van der Waals surface area contributed by atoms with Gasteiger partial charge in [0.15, 0.2) is 0 Å². The number of benzene rings is 1. The Morgan fingerprint density at radius 3 is 2.65 bits per heavy atom. The van der Waals surface area contributed by atoms with Gasteiger partial charge in [-0.3, -0.25) is 14.2 Å². The highest BCUT2D eigenvalue weighted by atomic mass is 16.2. The molecule has 0 saturated carbocycles. The Morgan fingerprint density at radius 1 is 1.30 bits per heavy atom. The number of fused-ring (bicyclic) bond motifs is 1. The first kappa shape index (κ1) is 17.2. The van der Waals surface area contributed by atoms with Crippen molar-refractivity contribution in [1.29, 1.82) is 0 Å². The second-order valence-electron chi connectivity index (χ2n) is 6.63. The summed E-state index contributed by atoms with van der Waals surface area (Å²) in [6.07, 6.45) is 2.41. The molecule has 0 radical (unpaired) electrons. The van der Waals surface area contributed by atoms with Crippen molar-refractivity contribution in [2.45, 2.75) is 46.7 Å². The molecule has 1 atom stereocenters. The van der Waals surface area contributed by atoms with E-state index in [0.717, 1.165) is 12.0 Å². The number of aromatic nitrogens is 2. The summed E-state index contributed by atoms with van der Waals surface area (Å²) in [5, 5.41) is 0.554. The summed E-state index contributed by atoms with van der Waals surface area (Å²) in [5.41, 5.74) is 1.49. The molecule has 124 valence electrons. The van der Waals surface area contributed by atoms with Crippen LogP contribution in [-0.4, -0.2) is 33.4 Å². The smallest absolute Gasteiger partial charge is 0.261 e. The fraction of sp³-hybridized carbons (Fsp3) is 0.500. The van der Waals surface area contributed by atoms with Crippen molar-refractivity contribution in [2.24, 2.45) is 5.92 Å². The highest BCUT2D eigenvalue weighted by molar-refractivity contribution is 5.81. The molecule has 2 aromatic rings. The van der Waals surface area contributed by atoms with Gasteiger partial charge in [0.25, 0.3) is 5.56 Å². The van der Waals surface area contributed by atoms with Crippen LogP contribution >= 0.6 is 0 Å². The lowest BCUT2D eigenvalue weighted by Gasteiger charge is -2.26. The van der Waals surface area contributed by atoms with Crippen LogP contribution in [-0.2, 0) is 11.3 Å². The molecule has 0 spiro atoms. The molecule has 0 aliphatic carbocycles. The fourth-order valence-electron chi connectivity index (χ4n) is 2.79. The van der Waals surface area contributed by atoms with Crippen LogP contribution in [0.1, 0.15) is 32.8 Å². The number of rotatable bonds is 5. The predicted molar refractivity (Wildman–Crippen MR) is 92.4 cm³/mol. The van der Waals surface area contributed by atoms with Gasteiger partial charge in [0.05, 0.1) is 17.2 Å². The van der Waals surface area contributed by atoms with E-state index in [0.29, 0.717) is 16.8 Å². The molecule has 1 amide bonds. The molecule has 5 nitrogen and oxygen atoms in total. The van der Waals surface area contributed by atoms with Gasteiger partial charge in [-0.1, -0.05) is 26.0 Å². The summed E-state index contributed by atoms with van der Waals surface area (Å²) in [6, 6.07) is 5.66. The van der Waals surface area contributed by atoms with Crippen LogP contribution in [0.4, 0.5) is 0 Å². The van der Waals surface area contributed by atoms with Gasteiger partial charge < -0.3 is 4.90 Å². The van der Waals surface area contributed by atoms with E-state index in [-0.39, 0.29) is 24.1 Å². The van der Waals surface area contributed by atoms with Gasteiger partial charge in [-0.2, -0.15) is 0 Å². The van der Waals surface area contributed by atoms with Gasteiger partial charge in [-0.15, -0.1) is 0 Å². The molecule has 1 heterocycles. The zero-order valence-electron chi connectivity index (χ0n) is 14.5. The van der Waals surface area contributed by atoms with Crippen molar-refractivity contribution in [1.82, 2.24) is 14.5 Å². The number of para-hydroxylation sites is 1. The molecular formula is C18H25N3O2. The molecule has 2 rings (SSSR count). The quantitative estimate of drug-likeness (QED) is 0.852. The second-order valence-corrected chi connectivity index (χ2v) is 6.63. The van der Waals surface area contributed by atoms with Crippen LogP contribution < -0.4 is 5.56 Å². The largest absolute Gasteiger partial charge is 0.341 e. The maximum absolute atomic E-state index is 12.5. The first-order chi connectivity index (χ1) is 10.8. The van der Waals surface area contributed by atoms with E-state index in [1.165, 1.54) is 10.9 Å². The number of hydrogen-bond donors (Lipinski definition) is 0. The van der Waals surface area contributed by atoms with Crippen LogP contribution in [0.3, 0.4) is 0 Å². The van der Waals surface area contributed by atoms with Crippen molar-refractivity contribution in [3.8, 4) is 0 Å². The third kappa shape index (κ3) is 3.78. The second kappa shape index (κ2) is 6.94. The fourth-order valence-corrected chi connectivity index (χ4v) is 2.79. The Bertz CT molecular complexity index is 764. The van der Waals surface area contributed by atoms with E-state index in [2.05, 4.69) is 18.8 Å². The molecule has 23 heavy (non-hydrogen) atoms. The van der Waals surface area contributed by atoms with Crippen molar-refractivity contribution in [3.63, 3.8) is 0 Å². The van der Waals surface area contributed by atoms with Crippen molar-refractivity contribution in [3.05, 3.63) is 40.4 Å². The Morgan fingerprint density at radius 2 is 2.00 bits per heavy atom. The standard InChI is InChI=1S/C18H25N3O2/c1-12(2)9-14(4)20(5)16(22)10-21-11-19-17-13(3)7-6-8-15(17)18(21)23/h6-8,11-12,14H,9-10H2,1-5H3/t14-/m0/s1. The van der Waals surface area contributed by atoms with Crippen molar-refractivity contribution < 1.29 is 4.79 Å². The average Bonchev–Trinajstić information content (AvgIpc) is 2.49. The first-order valence-corrected chi connectivity index (χ1v) is 8.01. The van der Waals surface area contributed by atoms with Crippen LogP contribution in [0.15, 0.2) is 29.3 Å². The molecule has 0 fully saturated rings. The maximum atomic E-state index is 12.5. The molecular weight excluding hydrogens is 290 g/mol. The van der Waals surface area contributed by atoms with Gasteiger partial charge in [0.1, 0.15) is 6.54 Å². The number of hydrogen-bond acceptors (Lipinski definition) is 3. The Kier molecular flexibility index (Phi) is 5.19. The first-order valence-electron chi connectivity index (χ1n) is 8.01. The lowest BCUT2D eigenvalue weighted by Crippen LogP contribution is -2.39. The van der Waals surface area contributed by atoms with Crippen LogP contribution in [0.2, 0.25) is 0 Å². The average molecular weight is 315 g/mol. The van der Waals surface area contributed by atoms with E-state index in [4.69, 9.17) is 0 Å². The van der Waals surface area contributed by atoms with E-state index >= 15 is 0 Å². The van der Waals surface area contributed by atoms with E-state index in [9.17, 15) is 9.59 Å². The SMILES string of the molecule is Cc1cccc2c(=O)n(CC(=O)N(C)[C@@H](C)CC(C)C)cnc12. The van der Waals surface area contributed by atoms with E-state index in [1.807, 2.05) is 26.0 Å². The summed E-state index contributed by atoms with van der Waals surface area (Å²) >= 11 is 0. The summed E-state index contributed by atoms with van der Waals surface area (Å²) < 4.78 is 1.39. The summed E-state index contributed by atoms with van der Waals surface area (Å²) in [6.45, 7) is 8.24. The third-order valence-electron chi connectivity index (χ3n) is 4.23. The summed E-state index contributed by atoms with van der Waals surface area (Å²) in [5.74, 6) is 0.447. The summed E-state index contributed by atoms with van der Waals surface area (Å²) in [4.78, 5) is 31.0. The normalized spacial score (nSPS) is 12.6. The van der Waals surface area contributed by atoms with Crippen LogP contribution in [0.5, 0.6) is 0 Å². The molecule has 0 saturated heterocycles. The molecule has 0 N–H and O–H groups in total. The van der Waals surface area contributed by atoms with Gasteiger partial charge in [-0.05, 0) is 37.8 Å². The minimum Gasteiger partial charge on any atom is -0.341 e. The highest BCUT2D eigenvalue weighted by Gasteiger charge is 2.18. The monoisotopic (exact) mass is 315 g/mol. The Labute approximate surface area is 136 Å². The predicted octanol–water partition coefficient (Wildman–Crippen LogP) is 2.60. The maximum Gasteiger partial charge on any atom is 0.261 e. The topological polar surface area (TPSA) is 55.2 Å². The minimum atomic E-state index is -0.169. The Balaban J connectivity index is 2.23. The minimum absolute atomic E-state index is 0.0225. The zero-order valence-corrected chi connectivity index (χ0v) is 14.5. The van der Waals surface area contributed by atoms with Gasteiger partial charge in [-0.25, -0.2) is 4.98 Å². The van der Waals surface area contributed by atoms with Gasteiger partial charge in [0, 0.05) is 13.1 Å². The molecule has 0 aliphatic rings. The molecule has 0 unspecified atom stereocenters. The molecule has 1 aromatic carbocycles. The van der Waals surface area contributed by atoms with Crippen LogP contribution in [0, 0.1) is 12.8 Å². The lowest BCUT2D eigenvalue weighted by molar-refractivity contribution is -0.132. The zero-order chi connectivity index (χ0) is 17.1. The molecule has 0 aliphatic heterocycles. The number of likely N-dealkylation sites (N-methyl/N-ethyl adjacent to an activating group) is 1. The number of amides is 1. The molecule has 1 aromatic heterocycles. The lowest BCUT2D eigenvalue weighted by atomic mass is 10.0. The Hall–Kier alpha value is -2.17. The number of carbonyl (C=O) groups is 1. The van der Waals surface area contributed by atoms with Gasteiger partial charge in [0.2, 0.25) is 5.91 Å². The van der Waals surface area contributed by atoms with Gasteiger partial charge >= 0.3 is 0 Å². The number of aryl methyl sites for hydroxylation is 1. The number of nitrogens with zero attached hydrogens (tertiary/aromatic N) is 3. The van der Waals surface area contributed by atoms with E-state index in [1.54, 1.807) is 18.0 Å².